The highest BCUT2D eigenvalue weighted by molar-refractivity contribution is 8.01. The van der Waals surface area contributed by atoms with E-state index in [-0.39, 0.29) is 17.0 Å². The van der Waals surface area contributed by atoms with Crippen LogP contribution in [0.15, 0.2) is 30.3 Å². The molecular weight excluding hydrogens is 504 g/mol. The molecule has 3 aliphatic rings. The molecule has 1 saturated heterocycles. The summed E-state index contributed by atoms with van der Waals surface area (Å²) in [4.78, 5) is 52.4. The zero-order valence-corrected chi connectivity index (χ0v) is 23.8. The third kappa shape index (κ3) is 6.35. The summed E-state index contributed by atoms with van der Waals surface area (Å²) < 4.78 is 10.6. The van der Waals surface area contributed by atoms with Crippen molar-refractivity contribution in [3.63, 3.8) is 0 Å². The van der Waals surface area contributed by atoms with E-state index in [1.165, 1.54) is 19.3 Å². The fourth-order valence-electron chi connectivity index (χ4n) is 5.81. The van der Waals surface area contributed by atoms with E-state index in [1.807, 2.05) is 19.9 Å². The smallest absolute Gasteiger partial charge is 0.408 e. The summed E-state index contributed by atoms with van der Waals surface area (Å²) in [7, 11) is 0. The second kappa shape index (κ2) is 11.3. The van der Waals surface area contributed by atoms with Gasteiger partial charge in [0.1, 0.15) is 17.7 Å². The van der Waals surface area contributed by atoms with Gasteiger partial charge in [0.25, 0.3) is 0 Å². The van der Waals surface area contributed by atoms with Crippen LogP contribution in [0.25, 0.3) is 0 Å². The standard InChI is InChI=1S/C29H40N2O6S/c1-28(2,3)37-27(35)31-21(18-14-10-7-11-15-18)25(33)30-22-23(32)19-20(29(4,5)38-24(19)22)26(34)36-16-17-12-8-6-9-13-17/h7,10-11,14-15,17,19-22,24H,6,8-9,12-13,16H2,1-5H3,(H,30,33)(H,31,35)/t19?,20-,21+,22+,24-/m0/s1. The fraction of sp³-hybridized carbons (Fsp3) is 0.655. The molecule has 1 aromatic carbocycles. The molecule has 1 unspecified atom stereocenters. The van der Waals surface area contributed by atoms with Crippen molar-refractivity contribution in [3.8, 4) is 0 Å². The molecule has 3 fully saturated rings. The van der Waals surface area contributed by atoms with Crippen molar-refractivity contribution in [2.45, 2.75) is 94.4 Å². The number of carbonyl (C=O) groups is 4. The minimum Gasteiger partial charge on any atom is -0.465 e. The highest BCUT2D eigenvalue weighted by Crippen LogP contribution is 2.58. The van der Waals surface area contributed by atoms with E-state index in [1.54, 1.807) is 56.8 Å². The molecule has 9 heteroatoms. The number of thioether (sulfide) groups is 1. The molecule has 1 aliphatic heterocycles. The normalized spacial score (nSPS) is 27.4. The van der Waals surface area contributed by atoms with Crippen LogP contribution in [0.2, 0.25) is 0 Å². The Bertz CT molecular complexity index is 1050. The van der Waals surface area contributed by atoms with Crippen molar-refractivity contribution in [2.24, 2.45) is 17.8 Å². The molecule has 0 radical (unpaired) electrons. The van der Waals surface area contributed by atoms with Crippen LogP contribution in [0.1, 0.15) is 78.3 Å². The number of hydrogen-bond donors (Lipinski definition) is 2. The quantitative estimate of drug-likeness (QED) is 0.484. The molecule has 0 bridgehead atoms. The van der Waals surface area contributed by atoms with Crippen LogP contribution in [-0.2, 0) is 23.9 Å². The van der Waals surface area contributed by atoms with Crippen LogP contribution in [0, 0.1) is 17.8 Å². The Labute approximate surface area is 229 Å². The Balaban J connectivity index is 1.42. The van der Waals surface area contributed by atoms with Crippen LogP contribution >= 0.6 is 11.8 Å². The number of Topliss-reactive ketones (excluding diaryl/α,β-unsaturated/α-hetero) is 1. The van der Waals surface area contributed by atoms with Gasteiger partial charge >= 0.3 is 12.1 Å². The van der Waals surface area contributed by atoms with Crippen molar-refractivity contribution in [3.05, 3.63) is 35.9 Å². The summed E-state index contributed by atoms with van der Waals surface area (Å²) >= 11 is 1.55. The summed E-state index contributed by atoms with van der Waals surface area (Å²) in [6.07, 6.45) is 5.01. The van der Waals surface area contributed by atoms with Crippen molar-refractivity contribution in [1.29, 1.82) is 0 Å². The highest BCUT2D eigenvalue weighted by atomic mass is 32.2. The predicted molar refractivity (Wildman–Crippen MR) is 145 cm³/mol. The van der Waals surface area contributed by atoms with E-state index in [0.29, 0.717) is 18.1 Å². The second-order valence-corrected chi connectivity index (χ2v) is 14.0. The average Bonchev–Trinajstić information content (AvgIpc) is 3.12. The van der Waals surface area contributed by atoms with Crippen LogP contribution in [0.5, 0.6) is 0 Å². The number of nitrogens with one attached hydrogen (secondary N) is 2. The zero-order valence-electron chi connectivity index (χ0n) is 23.0. The van der Waals surface area contributed by atoms with Crippen molar-refractivity contribution >= 4 is 35.5 Å². The summed E-state index contributed by atoms with van der Waals surface area (Å²) in [5.41, 5.74) is -0.159. The maximum atomic E-state index is 13.4. The summed E-state index contributed by atoms with van der Waals surface area (Å²) in [5.74, 6) is -1.62. The predicted octanol–water partition coefficient (Wildman–Crippen LogP) is 4.57. The lowest BCUT2D eigenvalue weighted by Crippen LogP contribution is -2.64. The molecule has 2 N–H and O–H groups in total. The molecule has 0 spiro atoms. The Morgan fingerprint density at radius 2 is 1.74 bits per heavy atom. The van der Waals surface area contributed by atoms with E-state index in [4.69, 9.17) is 9.47 Å². The monoisotopic (exact) mass is 544 g/mol. The number of ketones is 1. The summed E-state index contributed by atoms with van der Waals surface area (Å²) in [5, 5.41) is 5.27. The van der Waals surface area contributed by atoms with E-state index in [2.05, 4.69) is 10.6 Å². The average molecular weight is 545 g/mol. The van der Waals surface area contributed by atoms with Gasteiger partial charge in [-0.2, -0.15) is 0 Å². The molecule has 4 rings (SSSR count). The van der Waals surface area contributed by atoms with Crippen molar-refractivity contribution < 1.29 is 28.7 Å². The molecular formula is C29H40N2O6S. The van der Waals surface area contributed by atoms with E-state index in [0.717, 1.165) is 12.8 Å². The minimum absolute atomic E-state index is 0.162. The number of rotatable bonds is 7. The van der Waals surface area contributed by atoms with Gasteiger partial charge in [0, 0.05) is 15.9 Å². The number of carbonyl (C=O) groups excluding carboxylic acids is 4. The summed E-state index contributed by atoms with van der Waals surface area (Å²) in [6, 6.07) is 7.06. The number of hydrogen-bond acceptors (Lipinski definition) is 7. The first-order valence-electron chi connectivity index (χ1n) is 13.6. The summed E-state index contributed by atoms with van der Waals surface area (Å²) in [6.45, 7) is 9.57. The lowest BCUT2D eigenvalue weighted by atomic mass is 9.67. The van der Waals surface area contributed by atoms with Crippen molar-refractivity contribution in [2.75, 3.05) is 6.61 Å². The van der Waals surface area contributed by atoms with Gasteiger partial charge in [-0.25, -0.2) is 4.79 Å². The van der Waals surface area contributed by atoms with Gasteiger partial charge < -0.3 is 20.1 Å². The Morgan fingerprint density at radius 3 is 2.37 bits per heavy atom. The highest BCUT2D eigenvalue weighted by Gasteiger charge is 2.66. The lowest BCUT2D eigenvalue weighted by Gasteiger charge is -2.40. The first kappa shape index (κ1) is 28.5. The molecule has 0 aromatic heterocycles. The van der Waals surface area contributed by atoms with Gasteiger partial charge in [-0.05, 0) is 58.9 Å². The Morgan fingerprint density at radius 1 is 1.08 bits per heavy atom. The van der Waals surface area contributed by atoms with Gasteiger partial charge in [0.05, 0.1) is 12.5 Å². The molecule has 38 heavy (non-hydrogen) atoms. The molecule has 2 saturated carbocycles. The van der Waals surface area contributed by atoms with Gasteiger partial charge in [0.15, 0.2) is 5.78 Å². The van der Waals surface area contributed by atoms with Gasteiger partial charge in [-0.15, -0.1) is 11.8 Å². The fourth-order valence-corrected chi connectivity index (χ4v) is 7.67. The van der Waals surface area contributed by atoms with Gasteiger partial charge in [-0.1, -0.05) is 49.6 Å². The van der Waals surface area contributed by atoms with Gasteiger partial charge in [0.2, 0.25) is 5.91 Å². The first-order chi connectivity index (χ1) is 17.9. The van der Waals surface area contributed by atoms with Gasteiger partial charge in [-0.3, -0.25) is 14.4 Å². The Hall–Kier alpha value is -2.55. The van der Waals surface area contributed by atoms with Crippen LogP contribution in [0.3, 0.4) is 0 Å². The Kier molecular flexibility index (Phi) is 8.45. The maximum Gasteiger partial charge on any atom is 0.408 e. The number of esters is 1. The third-order valence-corrected chi connectivity index (χ3v) is 9.36. The molecule has 8 nitrogen and oxygen atoms in total. The van der Waals surface area contributed by atoms with Crippen LogP contribution < -0.4 is 10.6 Å². The number of ether oxygens (including phenoxy) is 2. The van der Waals surface area contributed by atoms with E-state index >= 15 is 0 Å². The molecule has 1 heterocycles. The lowest BCUT2D eigenvalue weighted by molar-refractivity contribution is -0.158. The minimum atomic E-state index is -1.03. The SMILES string of the molecule is CC(C)(C)OC(=O)N[C@@H](C(=O)N[C@@H]1C(=O)C2[C@@H](C(=O)OCC3CCCCC3)C(C)(C)S[C@@H]21)c1ccccc1. The van der Waals surface area contributed by atoms with E-state index in [9.17, 15) is 19.2 Å². The zero-order chi connectivity index (χ0) is 27.7. The van der Waals surface area contributed by atoms with Crippen LogP contribution in [-0.4, -0.2) is 52.0 Å². The van der Waals surface area contributed by atoms with Crippen molar-refractivity contribution in [1.82, 2.24) is 10.6 Å². The number of alkyl carbamates (subject to hydrolysis) is 1. The number of fused-ring (bicyclic) bond motifs is 1. The topological polar surface area (TPSA) is 111 Å². The largest absolute Gasteiger partial charge is 0.465 e. The first-order valence-corrected chi connectivity index (χ1v) is 14.5. The molecule has 208 valence electrons. The molecule has 5 atom stereocenters. The maximum absolute atomic E-state index is 13.4. The van der Waals surface area contributed by atoms with E-state index < -0.39 is 46.3 Å². The molecule has 1 aromatic rings. The second-order valence-electron chi connectivity index (χ2n) is 12.2. The number of amides is 2. The van der Waals surface area contributed by atoms with Crippen LogP contribution in [0.4, 0.5) is 4.79 Å². The molecule has 2 aliphatic carbocycles. The number of benzene rings is 1. The molecule has 2 amide bonds. The third-order valence-electron chi connectivity index (χ3n) is 7.66.